The normalized spacial score (nSPS) is 22.2. The molecule has 1 unspecified atom stereocenters. The minimum absolute atomic E-state index is 0.0291. The number of aromatic nitrogens is 3. The number of carbonyl (C=O) groups is 4. The third-order valence-corrected chi connectivity index (χ3v) is 14.8. The second-order valence-electron chi connectivity index (χ2n) is 19.1. The van der Waals surface area contributed by atoms with Gasteiger partial charge in [0, 0.05) is 67.4 Å². The van der Waals surface area contributed by atoms with E-state index in [0.717, 1.165) is 85.8 Å². The highest BCUT2D eigenvalue weighted by atomic mass is 35.5. The van der Waals surface area contributed by atoms with Crippen LogP contribution in [0.2, 0.25) is 5.02 Å². The molecule has 2 N–H and O–H groups in total. The van der Waals surface area contributed by atoms with Gasteiger partial charge >= 0.3 is 0 Å². The van der Waals surface area contributed by atoms with Crippen LogP contribution in [-0.2, 0) is 9.59 Å². The van der Waals surface area contributed by atoms with Crippen molar-refractivity contribution in [3.63, 3.8) is 0 Å². The van der Waals surface area contributed by atoms with Gasteiger partial charge in [0.25, 0.3) is 17.4 Å². The second-order valence-corrected chi connectivity index (χ2v) is 19.5. The zero-order valence-corrected chi connectivity index (χ0v) is 36.9. The van der Waals surface area contributed by atoms with E-state index in [1.807, 2.05) is 51.1 Å². The minimum atomic E-state index is -0.958. The van der Waals surface area contributed by atoms with Gasteiger partial charge in [-0.25, -0.2) is 4.98 Å². The van der Waals surface area contributed by atoms with Gasteiger partial charge in [0.2, 0.25) is 17.8 Å². The van der Waals surface area contributed by atoms with Crippen molar-refractivity contribution in [2.24, 2.45) is 16.7 Å². The summed E-state index contributed by atoms with van der Waals surface area (Å²) in [6.45, 7) is 13.3. The summed E-state index contributed by atoms with van der Waals surface area (Å²) in [7, 11) is 0. The van der Waals surface area contributed by atoms with E-state index in [0.29, 0.717) is 57.0 Å². The van der Waals surface area contributed by atoms with Crippen LogP contribution in [0.5, 0.6) is 5.75 Å². The van der Waals surface area contributed by atoms with Crippen LogP contribution in [0.25, 0.3) is 10.9 Å². The second kappa shape index (κ2) is 15.9. The highest BCUT2D eigenvalue weighted by Crippen LogP contribution is 2.63. The molecule has 4 saturated heterocycles. The van der Waals surface area contributed by atoms with Crippen LogP contribution in [0.3, 0.4) is 0 Å². The number of benzene rings is 2. The van der Waals surface area contributed by atoms with Crippen LogP contribution in [0.1, 0.15) is 98.9 Å². The number of anilines is 4. The standard InChI is InChI=1S/C47H54ClN9O6/c1-4-63-38-20-30-19-31(5-8-36(30)56(28(2)3)44(38)62)50-40-35(48)22-49-45(52-40)54-15-11-29(12-16-54)23-53-17-13-46(14-18-53)24-47(25-46)26-55(27-47)32-6-7-33-34(21-32)43(61)57(42(33)60)37-9-10-39(58)51-41(37)59/h5-8,19-22,28-29,37H,4,9-18,23-27H2,1-3H3,(H,49,50,52)(H,51,58,59). The topological polar surface area (TPSA) is 162 Å². The molecule has 10 rings (SSSR count). The van der Waals surface area contributed by atoms with Crippen LogP contribution in [0, 0.1) is 16.7 Å². The molecule has 16 heteroatoms. The number of nitrogens with one attached hydrogen (secondary N) is 2. The largest absolute Gasteiger partial charge is 0.488 e. The summed E-state index contributed by atoms with van der Waals surface area (Å²) in [5.74, 6) is 0.258. The van der Waals surface area contributed by atoms with E-state index >= 15 is 0 Å². The fourth-order valence-corrected chi connectivity index (χ4v) is 11.7. The van der Waals surface area contributed by atoms with E-state index in [9.17, 15) is 24.0 Å². The van der Waals surface area contributed by atoms with Gasteiger partial charge in [-0.3, -0.25) is 34.2 Å². The number of pyridine rings is 1. The van der Waals surface area contributed by atoms with E-state index in [4.69, 9.17) is 21.3 Å². The van der Waals surface area contributed by atoms with Gasteiger partial charge < -0.3 is 29.3 Å². The SMILES string of the molecule is CCOc1cc2cc(Nc3nc(N4CCC(CN5CCC6(CC5)CC5(CN(c7ccc8c(c7)C(=O)N(C7CCC(=O)NC7=O)C8=O)C5)C6)CC4)ncc3Cl)ccc2n(C(C)C)c1=O. The number of halogens is 1. The highest BCUT2D eigenvalue weighted by molar-refractivity contribution is 6.33. The van der Waals surface area contributed by atoms with Gasteiger partial charge in [0.05, 0.1) is 29.4 Å². The Kier molecular flexibility index (Phi) is 10.5. The Morgan fingerprint density at radius 1 is 0.889 bits per heavy atom. The van der Waals surface area contributed by atoms with E-state index in [-0.39, 0.29) is 30.3 Å². The molecule has 2 spiro atoms. The smallest absolute Gasteiger partial charge is 0.293 e. The molecule has 6 aliphatic rings. The van der Waals surface area contributed by atoms with Gasteiger partial charge in [-0.2, -0.15) is 4.98 Å². The number of imide groups is 2. The molecule has 2 aromatic carbocycles. The number of nitrogens with zero attached hydrogens (tertiary/aromatic N) is 7. The number of hydrogen-bond acceptors (Lipinski definition) is 12. The monoisotopic (exact) mass is 875 g/mol. The molecule has 5 aliphatic heterocycles. The molecule has 7 heterocycles. The molecule has 5 fully saturated rings. The Morgan fingerprint density at radius 3 is 2.35 bits per heavy atom. The third-order valence-electron chi connectivity index (χ3n) is 14.5. The molecule has 63 heavy (non-hydrogen) atoms. The number of hydrogen-bond donors (Lipinski definition) is 2. The Labute approximate surface area is 371 Å². The molecule has 1 aliphatic carbocycles. The Balaban J connectivity index is 0.691. The quantitative estimate of drug-likeness (QED) is 0.175. The predicted octanol–water partition coefficient (Wildman–Crippen LogP) is 6.17. The lowest BCUT2D eigenvalue weighted by Crippen LogP contribution is -2.67. The van der Waals surface area contributed by atoms with Crippen LogP contribution in [0.15, 0.2) is 53.5 Å². The lowest BCUT2D eigenvalue weighted by atomic mass is 9.47. The maximum absolute atomic E-state index is 13.4. The molecule has 0 radical (unpaired) electrons. The van der Waals surface area contributed by atoms with Crippen molar-refractivity contribution in [3.05, 3.63) is 75.2 Å². The summed E-state index contributed by atoms with van der Waals surface area (Å²) in [5.41, 5.74) is 3.83. The highest BCUT2D eigenvalue weighted by Gasteiger charge is 2.60. The van der Waals surface area contributed by atoms with E-state index < -0.39 is 23.8 Å². The number of ether oxygens (including phenoxy) is 1. The lowest BCUT2D eigenvalue weighted by Gasteiger charge is -2.66. The predicted molar refractivity (Wildman–Crippen MR) is 240 cm³/mol. The average Bonchev–Trinajstić information content (AvgIpc) is 3.48. The van der Waals surface area contributed by atoms with Crippen molar-refractivity contribution in [2.45, 2.75) is 84.2 Å². The number of carbonyl (C=O) groups excluding carboxylic acids is 4. The van der Waals surface area contributed by atoms with Gasteiger partial charge in [-0.15, -0.1) is 0 Å². The lowest BCUT2D eigenvalue weighted by molar-refractivity contribution is -0.136. The van der Waals surface area contributed by atoms with Crippen molar-refractivity contribution < 1.29 is 23.9 Å². The van der Waals surface area contributed by atoms with Gasteiger partial charge in [-0.1, -0.05) is 11.6 Å². The fraction of sp³-hybridized carbons (Fsp3) is 0.511. The first-order chi connectivity index (χ1) is 30.3. The number of likely N-dealkylation sites (tertiary alicyclic amines) is 1. The Hall–Kier alpha value is -5.54. The fourth-order valence-electron chi connectivity index (χ4n) is 11.5. The first-order valence-electron chi connectivity index (χ1n) is 22.5. The molecule has 2 aromatic heterocycles. The number of amides is 4. The van der Waals surface area contributed by atoms with E-state index in [1.165, 1.54) is 25.7 Å². The van der Waals surface area contributed by atoms with Crippen molar-refractivity contribution in [2.75, 3.05) is 67.5 Å². The Morgan fingerprint density at radius 2 is 1.63 bits per heavy atom. The zero-order valence-electron chi connectivity index (χ0n) is 36.1. The van der Waals surface area contributed by atoms with Crippen molar-refractivity contribution in [3.8, 4) is 5.75 Å². The number of fused-ring (bicyclic) bond motifs is 2. The molecule has 1 atom stereocenters. The summed E-state index contributed by atoms with van der Waals surface area (Å²) < 4.78 is 7.45. The van der Waals surface area contributed by atoms with E-state index in [2.05, 4.69) is 30.3 Å². The summed E-state index contributed by atoms with van der Waals surface area (Å²) in [4.78, 5) is 81.5. The van der Waals surface area contributed by atoms with E-state index in [1.54, 1.807) is 22.9 Å². The van der Waals surface area contributed by atoms with Crippen molar-refractivity contribution in [1.82, 2.24) is 29.7 Å². The van der Waals surface area contributed by atoms with Gasteiger partial charge in [0.1, 0.15) is 11.1 Å². The first kappa shape index (κ1) is 41.5. The summed E-state index contributed by atoms with van der Waals surface area (Å²) in [5, 5.41) is 6.97. The molecule has 1 saturated carbocycles. The number of piperidine rings is 3. The molecular formula is C47H54ClN9O6. The van der Waals surface area contributed by atoms with Crippen LogP contribution in [-0.4, -0.2) is 106 Å². The van der Waals surface area contributed by atoms with Crippen molar-refractivity contribution in [1.29, 1.82) is 0 Å². The third kappa shape index (κ3) is 7.50. The molecular weight excluding hydrogens is 822 g/mol. The minimum Gasteiger partial charge on any atom is -0.488 e. The van der Waals surface area contributed by atoms with Gasteiger partial charge in [0.15, 0.2) is 11.6 Å². The zero-order chi connectivity index (χ0) is 43.8. The van der Waals surface area contributed by atoms with Crippen LogP contribution < -0.4 is 30.7 Å². The molecule has 0 bridgehead atoms. The summed E-state index contributed by atoms with van der Waals surface area (Å²) in [6.07, 6.45) is 9.02. The maximum Gasteiger partial charge on any atom is 0.293 e. The summed E-state index contributed by atoms with van der Waals surface area (Å²) in [6, 6.07) is 12.1. The average molecular weight is 876 g/mol. The van der Waals surface area contributed by atoms with Crippen LogP contribution in [0.4, 0.5) is 23.1 Å². The number of rotatable bonds is 10. The van der Waals surface area contributed by atoms with Crippen LogP contribution >= 0.6 is 11.6 Å². The first-order valence-corrected chi connectivity index (χ1v) is 22.9. The molecule has 4 aromatic rings. The van der Waals surface area contributed by atoms with Gasteiger partial charge in [-0.05, 0) is 133 Å². The maximum atomic E-state index is 13.4. The molecule has 15 nitrogen and oxygen atoms in total. The molecule has 4 amide bonds. The molecule has 330 valence electrons. The van der Waals surface area contributed by atoms with Crippen molar-refractivity contribution >= 4 is 69.3 Å². The Bertz CT molecular complexity index is 2580. The summed E-state index contributed by atoms with van der Waals surface area (Å²) >= 11 is 6.62.